The molecule has 0 saturated carbocycles. The third kappa shape index (κ3) is 3.58. The summed E-state index contributed by atoms with van der Waals surface area (Å²) in [6.07, 6.45) is -4.63. The number of non-ortho nitro benzene ring substituents is 1. The molecule has 102 valence electrons. The number of nitro groups is 1. The van der Waals surface area contributed by atoms with Crippen LogP contribution in [0, 0.1) is 21.4 Å². The van der Waals surface area contributed by atoms with Crippen LogP contribution in [-0.2, 0) is 6.18 Å². The van der Waals surface area contributed by atoms with Crippen molar-refractivity contribution in [3.05, 3.63) is 33.9 Å². The molecule has 0 aliphatic heterocycles. The van der Waals surface area contributed by atoms with E-state index in [4.69, 9.17) is 5.26 Å². The zero-order valence-electron chi connectivity index (χ0n) is 9.94. The average molecular weight is 273 g/mol. The Labute approximate surface area is 107 Å². The van der Waals surface area contributed by atoms with E-state index in [1.165, 1.54) is 11.9 Å². The van der Waals surface area contributed by atoms with E-state index in [0.29, 0.717) is 6.07 Å². The quantitative estimate of drug-likeness (QED) is 0.624. The highest BCUT2D eigenvalue weighted by molar-refractivity contribution is 5.58. The van der Waals surface area contributed by atoms with Crippen LogP contribution in [0.25, 0.3) is 0 Å². The molecule has 0 spiro atoms. The van der Waals surface area contributed by atoms with Gasteiger partial charge in [-0.1, -0.05) is 0 Å². The van der Waals surface area contributed by atoms with Crippen LogP contribution in [0.15, 0.2) is 18.2 Å². The monoisotopic (exact) mass is 273 g/mol. The Balaban J connectivity index is 3.24. The molecule has 0 aliphatic rings. The first-order valence-electron chi connectivity index (χ1n) is 5.21. The molecule has 0 amide bonds. The van der Waals surface area contributed by atoms with Gasteiger partial charge in [0.05, 0.1) is 23.0 Å². The molecule has 0 heterocycles. The van der Waals surface area contributed by atoms with Crippen LogP contribution >= 0.6 is 0 Å². The van der Waals surface area contributed by atoms with Crippen molar-refractivity contribution in [2.24, 2.45) is 0 Å². The molecule has 1 aromatic carbocycles. The largest absolute Gasteiger partial charge is 0.418 e. The summed E-state index contributed by atoms with van der Waals surface area (Å²) >= 11 is 0. The minimum Gasteiger partial charge on any atom is -0.373 e. The first-order valence-corrected chi connectivity index (χ1v) is 5.21. The first-order chi connectivity index (χ1) is 8.77. The van der Waals surface area contributed by atoms with Gasteiger partial charge in [-0.2, -0.15) is 18.4 Å². The molecule has 0 atom stereocenters. The van der Waals surface area contributed by atoms with Crippen molar-refractivity contribution >= 4 is 11.4 Å². The van der Waals surface area contributed by atoms with Crippen molar-refractivity contribution in [2.75, 3.05) is 18.5 Å². The Morgan fingerprint density at radius 2 is 2.11 bits per heavy atom. The summed E-state index contributed by atoms with van der Waals surface area (Å²) in [5, 5.41) is 18.9. The van der Waals surface area contributed by atoms with Gasteiger partial charge in [0.15, 0.2) is 0 Å². The van der Waals surface area contributed by atoms with E-state index in [9.17, 15) is 23.3 Å². The van der Waals surface area contributed by atoms with Crippen molar-refractivity contribution in [3.63, 3.8) is 0 Å². The number of benzene rings is 1. The molecular formula is C11H10F3N3O2. The minimum atomic E-state index is -4.69. The Bertz CT molecular complexity index is 523. The topological polar surface area (TPSA) is 70.2 Å². The lowest BCUT2D eigenvalue weighted by Crippen LogP contribution is -2.22. The molecule has 0 fully saturated rings. The van der Waals surface area contributed by atoms with Crippen LogP contribution in [0.5, 0.6) is 0 Å². The lowest BCUT2D eigenvalue weighted by atomic mass is 10.1. The van der Waals surface area contributed by atoms with Crippen LogP contribution in [0.4, 0.5) is 24.5 Å². The summed E-state index contributed by atoms with van der Waals surface area (Å²) in [6, 6.07) is 4.37. The molecule has 0 aliphatic carbocycles. The van der Waals surface area contributed by atoms with E-state index in [0.717, 1.165) is 12.1 Å². The van der Waals surface area contributed by atoms with E-state index < -0.39 is 22.4 Å². The number of halogens is 3. The Kier molecular flexibility index (Phi) is 4.32. The predicted octanol–water partition coefficient (Wildman–Crippen LogP) is 2.96. The number of nitro benzene ring substituents is 1. The third-order valence-electron chi connectivity index (χ3n) is 2.47. The SMILES string of the molecule is CN(CCC#N)c1ccc([N+](=O)[O-])cc1C(F)(F)F. The highest BCUT2D eigenvalue weighted by Crippen LogP contribution is 2.38. The van der Waals surface area contributed by atoms with Crippen molar-refractivity contribution in [1.29, 1.82) is 5.26 Å². The van der Waals surface area contributed by atoms with Gasteiger partial charge in [-0.15, -0.1) is 0 Å². The highest BCUT2D eigenvalue weighted by atomic mass is 19.4. The fourth-order valence-electron chi connectivity index (χ4n) is 1.54. The van der Waals surface area contributed by atoms with Gasteiger partial charge in [0.2, 0.25) is 0 Å². The van der Waals surface area contributed by atoms with E-state index in [2.05, 4.69) is 0 Å². The zero-order chi connectivity index (χ0) is 14.6. The molecular weight excluding hydrogens is 263 g/mol. The number of rotatable bonds is 4. The second-order valence-corrected chi connectivity index (χ2v) is 3.79. The minimum absolute atomic E-state index is 0.0603. The number of alkyl halides is 3. The maximum Gasteiger partial charge on any atom is 0.418 e. The third-order valence-corrected chi connectivity index (χ3v) is 2.47. The van der Waals surface area contributed by atoms with Gasteiger partial charge in [-0.05, 0) is 6.07 Å². The van der Waals surface area contributed by atoms with E-state index in [1.807, 2.05) is 6.07 Å². The smallest absolute Gasteiger partial charge is 0.373 e. The molecule has 0 aromatic heterocycles. The van der Waals surface area contributed by atoms with Crippen molar-refractivity contribution in [2.45, 2.75) is 12.6 Å². The molecule has 8 heteroatoms. The molecule has 1 aromatic rings. The van der Waals surface area contributed by atoms with E-state index in [1.54, 1.807) is 0 Å². The lowest BCUT2D eigenvalue weighted by Gasteiger charge is -2.22. The molecule has 5 nitrogen and oxygen atoms in total. The van der Waals surface area contributed by atoms with Crippen LogP contribution < -0.4 is 4.90 Å². The van der Waals surface area contributed by atoms with Gasteiger partial charge in [0.1, 0.15) is 0 Å². The Hall–Kier alpha value is -2.30. The number of hydrogen-bond donors (Lipinski definition) is 0. The fourth-order valence-corrected chi connectivity index (χ4v) is 1.54. The fraction of sp³-hybridized carbons (Fsp3) is 0.364. The number of anilines is 1. The number of nitriles is 1. The molecule has 19 heavy (non-hydrogen) atoms. The summed E-state index contributed by atoms with van der Waals surface area (Å²) in [5.41, 5.74) is -1.89. The van der Waals surface area contributed by atoms with Gasteiger partial charge in [0.25, 0.3) is 5.69 Å². The number of hydrogen-bond acceptors (Lipinski definition) is 4. The maximum atomic E-state index is 12.9. The van der Waals surface area contributed by atoms with Gasteiger partial charge in [-0.25, -0.2) is 0 Å². The maximum absolute atomic E-state index is 12.9. The molecule has 0 N–H and O–H groups in total. The average Bonchev–Trinajstić information content (AvgIpc) is 2.34. The van der Waals surface area contributed by atoms with E-state index in [-0.39, 0.29) is 18.7 Å². The first kappa shape index (κ1) is 14.8. The van der Waals surface area contributed by atoms with Crippen LogP contribution in [0.3, 0.4) is 0 Å². The standard InChI is InChI=1S/C11H10F3N3O2/c1-16(6-2-5-15)10-4-3-8(17(18)19)7-9(10)11(12,13)14/h3-4,7H,2,6H2,1H3. The summed E-state index contributed by atoms with van der Waals surface area (Å²) in [6.45, 7) is 0.109. The second-order valence-electron chi connectivity index (χ2n) is 3.79. The van der Waals surface area contributed by atoms with Gasteiger partial charge in [0, 0.05) is 31.4 Å². The molecule has 1 rings (SSSR count). The molecule has 0 bridgehead atoms. The summed E-state index contributed by atoms with van der Waals surface area (Å²) in [5.74, 6) is 0. The zero-order valence-corrected chi connectivity index (χ0v) is 9.94. The number of nitrogens with zero attached hydrogens (tertiary/aromatic N) is 3. The highest BCUT2D eigenvalue weighted by Gasteiger charge is 2.36. The predicted molar refractivity (Wildman–Crippen MR) is 61.6 cm³/mol. The van der Waals surface area contributed by atoms with Crippen molar-refractivity contribution < 1.29 is 18.1 Å². The molecule has 0 saturated heterocycles. The summed E-state index contributed by atoms with van der Waals surface area (Å²) in [7, 11) is 1.40. The Morgan fingerprint density at radius 1 is 1.47 bits per heavy atom. The van der Waals surface area contributed by atoms with Crippen LogP contribution in [0.2, 0.25) is 0 Å². The van der Waals surface area contributed by atoms with Crippen LogP contribution in [-0.4, -0.2) is 18.5 Å². The normalized spacial score (nSPS) is 10.9. The lowest BCUT2D eigenvalue weighted by molar-refractivity contribution is -0.385. The van der Waals surface area contributed by atoms with Crippen LogP contribution in [0.1, 0.15) is 12.0 Å². The van der Waals surface area contributed by atoms with Gasteiger partial charge in [-0.3, -0.25) is 10.1 Å². The summed E-state index contributed by atoms with van der Waals surface area (Å²) < 4.78 is 38.6. The molecule has 0 radical (unpaired) electrons. The summed E-state index contributed by atoms with van der Waals surface area (Å²) in [4.78, 5) is 10.9. The van der Waals surface area contributed by atoms with Crippen molar-refractivity contribution in [1.82, 2.24) is 0 Å². The van der Waals surface area contributed by atoms with Crippen molar-refractivity contribution in [3.8, 4) is 6.07 Å². The molecule has 0 unspecified atom stereocenters. The van der Waals surface area contributed by atoms with E-state index >= 15 is 0 Å². The second kappa shape index (κ2) is 5.56. The van der Waals surface area contributed by atoms with Gasteiger partial charge < -0.3 is 4.90 Å². The Morgan fingerprint density at radius 3 is 2.58 bits per heavy atom. The van der Waals surface area contributed by atoms with Gasteiger partial charge >= 0.3 is 6.18 Å².